The average molecular weight is 158 g/mol. The first kappa shape index (κ1) is 10.7. The van der Waals surface area contributed by atoms with Crippen molar-refractivity contribution in [3.8, 4) is 0 Å². The van der Waals surface area contributed by atoms with Gasteiger partial charge in [0, 0.05) is 6.61 Å². The molecular weight excluding hydrogens is 140 g/mol. The van der Waals surface area contributed by atoms with Gasteiger partial charge in [-0.1, -0.05) is 12.2 Å². The van der Waals surface area contributed by atoms with Gasteiger partial charge in [-0.3, -0.25) is 0 Å². The van der Waals surface area contributed by atoms with Gasteiger partial charge in [0.25, 0.3) is 0 Å². The number of allylic oxidation sites excluding steroid dienone is 2. The van der Waals surface area contributed by atoms with E-state index in [9.17, 15) is 0 Å². The Bertz CT molecular complexity index is 89.6. The van der Waals surface area contributed by atoms with Crippen LogP contribution in [0.1, 0.15) is 26.2 Å². The van der Waals surface area contributed by atoms with Crippen molar-refractivity contribution in [2.24, 2.45) is 0 Å². The minimum absolute atomic E-state index is 0.134. The number of hydrogen-bond donors (Lipinski definition) is 1. The smallest absolute Gasteiger partial charge is 0.0697 e. The number of hydrogen-bond acceptors (Lipinski definition) is 2. The Morgan fingerprint density at radius 2 is 2.09 bits per heavy atom. The van der Waals surface area contributed by atoms with Crippen molar-refractivity contribution in [3.05, 3.63) is 12.2 Å². The highest BCUT2D eigenvalue weighted by Gasteiger charge is 1.86. The molecule has 0 bridgehead atoms. The van der Waals surface area contributed by atoms with E-state index in [0.29, 0.717) is 6.61 Å². The fourth-order valence-electron chi connectivity index (χ4n) is 0.800. The zero-order valence-corrected chi connectivity index (χ0v) is 7.25. The van der Waals surface area contributed by atoms with Crippen molar-refractivity contribution in [3.63, 3.8) is 0 Å². The number of aliphatic hydroxyl groups excluding tert-OH is 1. The van der Waals surface area contributed by atoms with Gasteiger partial charge in [0.15, 0.2) is 0 Å². The predicted molar refractivity (Wildman–Crippen MR) is 46.6 cm³/mol. The lowest BCUT2D eigenvalue weighted by Gasteiger charge is -1.99. The zero-order valence-electron chi connectivity index (χ0n) is 7.25. The fraction of sp³-hybridized carbons (Fsp3) is 0.778. The summed E-state index contributed by atoms with van der Waals surface area (Å²) in [5.41, 5.74) is 0. The molecule has 0 heterocycles. The normalized spacial score (nSPS) is 11.1. The molecule has 0 aliphatic carbocycles. The molecule has 11 heavy (non-hydrogen) atoms. The molecule has 0 aromatic rings. The molecule has 0 saturated carbocycles. The van der Waals surface area contributed by atoms with Crippen LogP contribution in [0.3, 0.4) is 0 Å². The minimum Gasteiger partial charge on any atom is -0.394 e. The van der Waals surface area contributed by atoms with Crippen LogP contribution in [0.15, 0.2) is 12.2 Å². The first-order valence-electron chi connectivity index (χ1n) is 4.21. The second-order valence-corrected chi connectivity index (χ2v) is 2.40. The molecule has 1 N–H and O–H groups in total. The summed E-state index contributed by atoms with van der Waals surface area (Å²) in [6, 6.07) is 0. The first-order valence-corrected chi connectivity index (χ1v) is 4.21. The van der Waals surface area contributed by atoms with E-state index in [0.717, 1.165) is 19.4 Å². The van der Waals surface area contributed by atoms with E-state index in [1.165, 1.54) is 6.42 Å². The van der Waals surface area contributed by atoms with Crippen molar-refractivity contribution in [2.75, 3.05) is 19.8 Å². The van der Waals surface area contributed by atoms with Crippen LogP contribution in [-0.4, -0.2) is 24.9 Å². The lowest BCUT2D eigenvalue weighted by Crippen LogP contribution is -2.00. The van der Waals surface area contributed by atoms with Crippen LogP contribution in [0.25, 0.3) is 0 Å². The molecule has 0 aromatic carbocycles. The van der Waals surface area contributed by atoms with E-state index in [1.807, 2.05) is 6.92 Å². The van der Waals surface area contributed by atoms with E-state index in [4.69, 9.17) is 9.84 Å². The average Bonchev–Trinajstić information content (AvgIpc) is 2.03. The van der Waals surface area contributed by atoms with Crippen molar-refractivity contribution in [2.45, 2.75) is 26.2 Å². The highest BCUT2D eigenvalue weighted by atomic mass is 16.5. The summed E-state index contributed by atoms with van der Waals surface area (Å²) in [5, 5.41) is 8.37. The van der Waals surface area contributed by atoms with Gasteiger partial charge in [0.05, 0.1) is 13.2 Å². The molecule has 2 nitrogen and oxygen atoms in total. The number of ether oxygens (including phenoxy) is 1. The van der Waals surface area contributed by atoms with Crippen LogP contribution in [0.4, 0.5) is 0 Å². The van der Waals surface area contributed by atoms with Crippen molar-refractivity contribution >= 4 is 0 Å². The maximum Gasteiger partial charge on any atom is 0.0697 e. The van der Waals surface area contributed by atoms with Gasteiger partial charge >= 0.3 is 0 Å². The third-order valence-corrected chi connectivity index (χ3v) is 1.38. The summed E-state index contributed by atoms with van der Waals surface area (Å²) in [7, 11) is 0. The highest BCUT2D eigenvalue weighted by molar-refractivity contribution is 4.75. The molecule has 0 saturated heterocycles. The van der Waals surface area contributed by atoms with Gasteiger partial charge in [-0.15, -0.1) is 0 Å². The molecule has 66 valence electrons. The lowest BCUT2D eigenvalue weighted by atomic mass is 10.2. The molecule has 0 fully saturated rings. The monoisotopic (exact) mass is 158 g/mol. The summed E-state index contributed by atoms with van der Waals surface area (Å²) < 4.78 is 5.09. The van der Waals surface area contributed by atoms with E-state index >= 15 is 0 Å². The van der Waals surface area contributed by atoms with Crippen LogP contribution in [-0.2, 0) is 4.74 Å². The maximum atomic E-state index is 8.37. The molecular formula is C9H18O2. The summed E-state index contributed by atoms with van der Waals surface area (Å²) >= 11 is 0. The van der Waals surface area contributed by atoms with E-state index in [-0.39, 0.29) is 6.61 Å². The Balaban J connectivity index is 2.79. The maximum absolute atomic E-state index is 8.37. The van der Waals surface area contributed by atoms with E-state index in [1.54, 1.807) is 0 Å². The van der Waals surface area contributed by atoms with Crippen molar-refractivity contribution in [1.29, 1.82) is 0 Å². The summed E-state index contributed by atoms with van der Waals surface area (Å²) in [6.07, 6.45) is 7.62. The van der Waals surface area contributed by atoms with Gasteiger partial charge in [-0.05, 0) is 26.2 Å². The van der Waals surface area contributed by atoms with Crippen molar-refractivity contribution < 1.29 is 9.84 Å². The minimum atomic E-state index is 0.134. The standard InChI is InChI=1S/C9H18O2/c1-2-3-4-5-6-8-11-9-7-10/h2-3,10H,4-9H2,1H3/b3-2-. The lowest BCUT2D eigenvalue weighted by molar-refractivity contribution is 0.0900. The van der Waals surface area contributed by atoms with Crippen LogP contribution in [0.2, 0.25) is 0 Å². The molecule has 0 aromatic heterocycles. The second kappa shape index (κ2) is 9.66. The van der Waals surface area contributed by atoms with E-state index < -0.39 is 0 Å². The number of unbranched alkanes of at least 4 members (excludes halogenated alkanes) is 2. The Morgan fingerprint density at radius 3 is 2.73 bits per heavy atom. The molecule has 0 aliphatic rings. The van der Waals surface area contributed by atoms with Gasteiger partial charge < -0.3 is 9.84 Å². The predicted octanol–water partition coefficient (Wildman–Crippen LogP) is 1.74. The molecule has 0 amide bonds. The number of aliphatic hydroxyl groups is 1. The van der Waals surface area contributed by atoms with Crippen molar-refractivity contribution in [1.82, 2.24) is 0 Å². The largest absolute Gasteiger partial charge is 0.394 e. The third-order valence-electron chi connectivity index (χ3n) is 1.38. The first-order chi connectivity index (χ1) is 5.41. The Morgan fingerprint density at radius 1 is 1.27 bits per heavy atom. The van der Waals surface area contributed by atoms with Gasteiger partial charge in [0.2, 0.25) is 0 Å². The molecule has 0 unspecified atom stereocenters. The van der Waals surface area contributed by atoms with Crippen LogP contribution in [0.5, 0.6) is 0 Å². The molecule has 0 radical (unpaired) electrons. The van der Waals surface area contributed by atoms with Crippen LogP contribution in [0, 0.1) is 0 Å². The second-order valence-electron chi connectivity index (χ2n) is 2.40. The molecule has 0 rings (SSSR count). The van der Waals surface area contributed by atoms with Crippen LogP contribution < -0.4 is 0 Å². The molecule has 0 atom stereocenters. The SMILES string of the molecule is C/C=C\CCCCOCCO. The van der Waals surface area contributed by atoms with Gasteiger partial charge in [-0.25, -0.2) is 0 Å². The van der Waals surface area contributed by atoms with Crippen LogP contribution >= 0.6 is 0 Å². The summed E-state index contributed by atoms with van der Waals surface area (Å²) in [5.74, 6) is 0. The van der Waals surface area contributed by atoms with E-state index in [2.05, 4.69) is 12.2 Å². The highest BCUT2D eigenvalue weighted by Crippen LogP contribution is 1.96. The molecule has 2 heteroatoms. The molecule has 0 aliphatic heterocycles. The number of rotatable bonds is 7. The fourth-order valence-corrected chi connectivity index (χ4v) is 0.800. The Hall–Kier alpha value is -0.340. The topological polar surface area (TPSA) is 29.5 Å². The zero-order chi connectivity index (χ0) is 8.36. The Labute approximate surface area is 68.9 Å². The van der Waals surface area contributed by atoms with Gasteiger partial charge in [0.1, 0.15) is 0 Å². The Kier molecular flexibility index (Phi) is 9.36. The summed E-state index contributed by atoms with van der Waals surface area (Å²) in [4.78, 5) is 0. The third kappa shape index (κ3) is 9.66. The molecule has 0 spiro atoms. The summed E-state index contributed by atoms with van der Waals surface area (Å²) in [6.45, 7) is 3.42. The van der Waals surface area contributed by atoms with Gasteiger partial charge in [-0.2, -0.15) is 0 Å². The quantitative estimate of drug-likeness (QED) is 0.452.